The van der Waals surface area contributed by atoms with Crippen LogP contribution in [-0.4, -0.2) is 31.8 Å². The van der Waals surface area contributed by atoms with Gasteiger partial charge in [-0.3, -0.25) is 0 Å². The van der Waals surface area contributed by atoms with Crippen molar-refractivity contribution < 1.29 is 13.2 Å². The molecule has 0 spiro atoms. The quantitative estimate of drug-likeness (QED) is 0.781. The lowest BCUT2D eigenvalue weighted by Gasteiger charge is -2.25. The molecule has 1 saturated heterocycles. The van der Waals surface area contributed by atoms with Gasteiger partial charge in [0, 0.05) is 18.7 Å². The lowest BCUT2D eigenvalue weighted by atomic mass is 10.2. The van der Waals surface area contributed by atoms with Crippen molar-refractivity contribution in [2.24, 2.45) is 0 Å². The van der Waals surface area contributed by atoms with Crippen LogP contribution in [0.3, 0.4) is 0 Å². The predicted molar refractivity (Wildman–Crippen MR) is 69.9 cm³/mol. The van der Waals surface area contributed by atoms with Gasteiger partial charge in [0.05, 0.1) is 0 Å². The van der Waals surface area contributed by atoms with E-state index in [1.54, 1.807) is 36.3 Å². The van der Waals surface area contributed by atoms with E-state index in [1.165, 1.54) is 4.31 Å². The standard InChI is InChI=1S/C13H15NO3S/c15-11-13(12-7-3-1-4-8-12)18(16,17)14-9-5-2-6-10-14/h1,3-4,7-8H,2,5-6,9-10H2. The maximum Gasteiger partial charge on any atom is 0.254 e. The minimum atomic E-state index is -3.70. The Kier molecular flexibility index (Phi) is 3.97. The summed E-state index contributed by atoms with van der Waals surface area (Å²) in [5, 5.41) is 0. The third-order valence-electron chi connectivity index (χ3n) is 3.04. The monoisotopic (exact) mass is 265 g/mol. The summed E-state index contributed by atoms with van der Waals surface area (Å²) in [5.74, 6) is 1.59. The van der Waals surface area contributed by atoms with Crippen LogP contribution >= 0.6 is 0 Å². The zero-order valence-electron chi connectivity index (χ0n) is 10.0. The SMILES string of the molecule is O=C=C(c1ccccc1)S(=O)(=O)N1CCCCC1. The van der Waals surface area contributed by atoms with E-state index in [1.807, 2.05) is 0 Å². The van der Waals surface area contributed by atoms with Crippen LogP contribution in [0.5, 0.6) is 0 Å². The first kappa shape index (κ1) is 13.0. The summed E-state index contributed by atoms with van der Waals surface area (Å²) >= 11 is 0. The Morgan fingerprint density at radius 3 is 2.22 bits per heavy atom. The Morgan fingerprint density at radius 1 is 1.06 bits per heavy atom. The first-order chi connectivity index (χ1) is 8.66. The summed E-state index contributed by atoms with van der Waals surface area (Å²) in [6.45, 7) is 0.973. The highest BCUT2D eigenvalue weighted by molar-refractivity contribution is 7.98. The Hall–Kier alpha value is -1.42. The highest BCUT2D eigenvalue weighted by atomic mass is 32.2. The van der Waals surface area contributed by atoms with Crippen LogP contribution in [-0.2, 0) is 14.8 Å². The Balaban J connectivity index is 2.36. The van der Waals surface area contributed by atoms with Crippen LogP contribution in [0.4, 0.5) is 0 Å². The molecule has 0 bridgehead atoms. The summed E-state index contributed by atoms with van der Waals surface area (Å²) < 4.78 is 26.1. The molecule has 1 aliphatic rings. The van der Waals surface area contributed by atoms with Crippen molar-refractivity contribution in [3.63, 3.8) is 0 Å². The molecule has 1 aromatic rings. The molecular formula is C13H15NO3S. The molecule has 0 aliphatic carbocycles. The average molecular weight is 265 g/mol. The van der Waals surface area contributed by atoms with Crippen LogP contribution in [0, 0.1) is 0 Å². The lowest BCUT2D eigenvalue weighted by molar-refractivity contribution is 0.351. The minimum Gasteiger partial charge on any atom is -0.232 e. The molecule has 0 amide bonds. The molecule has 5 heteroatoms. The van der Waals surface area contributed by atoms with Gasteiger partial charge in [0.2, 0.25) is 0 Å². The number of hydrogen-bond acceptors (Lipinski definition) is 3. The van der Waals surface area contributed by atoms with Gasteiger partial charge in [-0.05, 0) is 12.8 Å². The molecule has 0 N–H and O–H groups in total. The molecule has 0 saturated carbocycles. The van der Waals surface area contributed by atoms with Gasteiger partial charge in [0.25, 0.3) is 10.0 Å². The molecule has 1 aliphatic heterocycles. The third-order valence-corrected chi connectivity index (χ3v) is 4.92. The number of piperidine rings is 1. The van der Waals surface area contributed by atoms with Crippen LogP contribution in [0.25, 0.3) is 4.91 Å². The van der Waals surface area contributed by atoms with Crippen molar-refractivity contribution >= 4 is 20.9 Å². The summed E-state index contributed by atoms with van der Waals surface area (Å²) in [5.41, 5.74) is 0.401. The van der Waals surface area contributed by atoms with Gasteiger partial charge >= 0.3 is 0 Å². The molecule has 96 valence electrons. The van der Waals surface area contributed by atoms with E-state index in [-0.39, 0.29) is 4.91 Å². The van der Waals surface area contributed by atoms with Crippen LogP contribution < -0.4 is 0 Å². The zero-order valence-corrected chi connectivity index (χ0v) is 10.8. The summed E-state index contributed by atoms with van der Waals surface area (Å²) in [7, 11) is -3.70. The van der Waals surface area contributed by atoms with E-state index in [9.17, 15) is 13.2 Å². The van der Waals surface area contributed by atoms with Crippen molar-refractivity contribution in [3.05, 3.63) is 35.9 Å². The molecule has 0 atom stereocenters. The fourth-order valence-electron chi connectivity index (χ4n) is 2.08. The smallest absolute Gasteiger partial charge is 0.232 e. The second-order valence-electron chi connectivity index (χ2n) is 4.26. The van der Waals surface area contributed by atoms with Gasteiger partial charge in [0.15, 0.2) is 4.91 Å². The third kappa shape index (κ3) is 2.53. The molecule has 1 aromatic carbocycles. The fourth-order valence-corrected chi connectivity index (χ4v) is 3.62. The average Bonchev–Trinajstić information content (AvgIpc) is 2.41. The summed E-state index contributed by atoms with van der Waals surface area (Å²) in [6.07, 6.45) is 2.73. The fraction of sp³-hybridized carbons (Fsp3) is 0.385. The van der Waals surface area contributed by atoms with E-state index in [4.69, 9.17) is 0 Å². The largest absolute Gasteiger partial charge is 0.254 e. The van der Waals surface area contributed by atoms with Crippen molar-refractivity contribution in [3.8, 4) is 0 Å². The molecule has 1 heterocycles. The van der Waals surface area contributed by atoms with Crippen molar-refractivity contribution in [1.82, 2.24) is 4.31 Å². The topological polar surface area (TPSA) is 54.5 Å². The molecule has 18 heavy (non-hydrogen) atoms. The van der Waals surface area contributed by atoms with Gasteiger partial charge in [-0.2, -0.15) is 4.31 Å². The number of nitrogens with zero attached hydrogens (tertiary/aromatic N) is 1. The molecule has 1 fully saturated rings. The molecule has 2 rings (SSSR count). The number of sulfonamides is 1. The van der Waals surface area contributed by atoms with Gasteiger partial charge in [-0.1, -0.05) is 36.8 Å². The number of hydrogen-bond donors (Lipinski definition) is 0. The van der Waals surface area contributed by atoms with E-state index < -0.39 is 10.0 Å². The van der Waals surface area contributed by atoms with Crippen LogP contribution in [0.15, 0.2) is 30.3 Å². The second kappa shape index (κ2) is 5.48. The number of benzene rings is 1. The van der Waals surface area contributed by atoms with E-state index in [0.29, 0.717) is 18.7 Å². The zero-order chi connectivity index (χ0) is 13.0. The van der Waals surface area contributed by atoms with Gasteiger partial charge < -0.3 is 0 Å². The highest BCUT2D eigenvalue weighted by Crippen LogP contribution is 2.24. The Bertz CT molecular complexity index is 553. The summed E-state index contributed by atoms with van der Waals surface area (Å²) in [4.78, 5) is 10.8. The molecule has 0 radical (unpaired) electrons. The molecule has 4 nitrogen and oxygen atoms in total. The normalized spacial score (nSPS) is 17.1. The van der Waals surface area contributed by atoms with Crippen molar-refractivity contribution in [2.75, 3.05) is 13.1 Å². The van der Waals surface area contributed by atoms with Crippen molar-refractivity contribution in [2.45, 2.75) is 19.3 Å². The van der Waals surface area contributed by atoms with Crippen LogP contribution in [0.1, 0.15) is 24.8 Å². The second-order valence-corrected chi connectivity index (χ2v) is 6.14. The number of carbonyl (C=O) groups excluding carboxylic acids is 1. The Labute approximate surface area is 107 Å². The van der Waals surface area contributed by atoms with E-state index >= 15 is 0 Å². The maximum absolute atomic E-state index is 12.3. The first-order valence-electron chi connectivity index (χ1n) is 5.97. The van der Waals surface area contributed by atoms with Gasteiger partial charge in [-0.15, -0.1) is 0 Å². The van der Waals surface area contributed by atoms with Gasteiger partial charge in [-0.25, -0.2) is 13.2 Å². The van der Waals surface area contributed by atoms with Gasteiger partial charge in [0.1, 0.15) is 5.94 Å². The maximum atomic E-state index is 12.3. The van der Waals surface area contributed by atoms with E-state index in [2.05, 4.69) is 0 Å². The first-order valence-corrected chi connectivity index (χ1v) is 7.41. The van der Waals surface area contributed by atoms with Crippen LogP contribution in [0.2, 0.25) is 0 Å². The Morgan fingerprint density at radius 2 is 1.67 bits per heavy atom. The summed E-state index contributed by atoms with van der Waals surface area (Å²) in [6, 6.07) is 8.42. The molecular weight excluding hydrogens is 250 g/mol. The highest BCUT2D eigenvalue weighted by Gasteiger charge is 2.29. The predicted octanol–water partition coefficient (Wildman–Crippen LogP) is 1.67. The number of rotatable bonds is 3. The minimum absolute atomic E-state index is 0.259. The van der Waals surface area contributed by atoms with E-state index in [0.717, 1.165) is 19.3 Å². The van der Waals surface area contributed by atoms with Crippen molar-refractivity contribution in [1.29, 1.82) is 0 Å². The molecule has 0 aromatic heterocycles. The molecule has 0 unspecified atom stereocenters. The lowest BCUT2D eigenvalue weighted by Crippen LogP contribution is -2.36.